The highest BCUT2D eigenvalue weighted by atomic mass is 32.2. The van der Waals surface area contributed by atoms with Crippen LogP contribution in [0.25, 0.3) is 21.6 Å². The average Bonchev–Trinajstić information content (AvgIpc) is 3.31. The predicted molar refractivity (Wildman–Crippen MR) is 120 cm³/mol. The number of hydrogen-bond donors (Lipinski definition) is 2. The van der Waals surface area contributed by atoms with Gasteiger partial charge in [0.2, 0.25) is 27.6 Å². The fourth-order valence-corrected chi connectivity index (χ4v) is 4.56. The topological polar surface area (TPSA) is 127 Å². The zero-order chi connectivity index (χ0) is 22.0. The minimum absolute atomic E-state index is 0.178. The highest BCUT2D eigenvalue weighted by Crippen LogP contribution is 2.29. The summed E-state index contributed by atoms with van der Waals surface area (Å²) < 4.78 is 31.1. The van der Waals surface area contributed by atoms with Crippen molar-refractivity contribution in [1.82, 2.24) is 15.1 Å². The van der Waals surface area contributed by atoms with Crippen molar-refractivity contribution in [3.8, 4) is 11.4 Å². The number of amides is 1. The van der Waals surface area contributed by atoms with E-state index in [0.717, 1.165) is 22.1 Å². The second kappa shape index (κ2) is 8.44. The Labute approximate surface area is 182 Å². The number of thiazole rings is 1. The van der Waals surface area contributed by atoms with E-state index in [0.29, 0.717) is 29.3 Å². The number of hydrogen-bond acceptors (Lipinski definition) is 8. The summed E-state index contributed by atoms with van der Waals surface area (Å²) in [6.07, 6.45) is 1.56. The fraction of sp³-hybridized carbons (Fsp3) is 0.200. The highest BCUT2D eigenvalue weighted by molar-refractivity contribution is 7.92. The van der Waals surface area contributed by atoms with Crippen LogP contribution in [0.4, 0.5) is 10.8 Å². The quantitative estimate of drug-likeness (QED) is 0.434. The molecule has 4 aromatic rings. The number of anilines is 2. The van der Waals surface area contributed by atoms with Crippen molar-refractivity contribution in [1.29, 1.82) is 0 Å². The van der Waals surface area contributed by atoms with E-state index < -0.39 is 10.0 Å². The van der Waals surface area contributed by atoms with E-state index in [1.54, 1.807) is 18.2 Å². The first-order chi connectivity index (χ1) is 14.7. The van der Waals surface area contributed by atoms with Gasteiger partial charge in [0.1, 0.15) is 0 Å². The lowest BCUT2D eigenvalue weighted by Crippen LogP contribution is -2.12. The maximum absolute atomic E-state index is 12.3. The van der Waals surface area contributed by atoms with Gasteiger partial charge in [-0.05, 0) is 25.1 Å². The molecule has 2 heterocycles. The molecule has 0 bridgehead atoms. The molecule has 9 nitrogen and oxygen atoms in total. The van der Waals surface area contributed by atoms with E-state index in [2.05, 4.69) is 25.2 Å². The maximum Gasteiger partial charge on any atom is 0.231 e. The number of rotatable bonds is 7. The Morgan fingerprint density at radius 1 is 1.13 bits per heavy atom. The van der Waals surface area contributed by atoms with Gasteiger partial charge in [0, 0.05) is 24.1 Å². The van der Waals surface area contributed by atoms with Gasteiger partial charge >= 0.3 is 0 Å². The summed E-state index contributed by atoms with van der Waals surface area (Å²) in [5.74, 6) is 0.679. The van der Waals surface area contributed by atoms with E-state index in [4.69, 9.17) is 4.52 Å². The Balaban J connectivity index is 1.36. The van der Waals surface area contributed by atoms with E-state index in [1.807, 2.05) is 31.2 Å². The zero-order valence-electron chi connectivity index (χ0n) is 16.7. The number of sulfonamides is 1. The maximum atomic E-state index is 12.3. The van der Waals surface area contributed by atoms with Crippen molar-refractivity contribution in [2.45, 2.75) is 19.8 Å². The Bertz CT molecular complexity index is 1340. The molecule has 0 fully saturated rings. The van der Waals surface area contributed by atoms with Crippen LogP contribution in [0, 0.1) is 6.92 Å². The summed E-state index contributed by atoms with van der Waals surface area (Å²) in [6.45, 7) is 2.00. The van der Waals surface area contributed by atoms with Gasteiger partial charge in [0.05, 0.1) is 16.5 Å². The van der Waals surface area contributed by atoms with Crippen LogP contribution >= 0.6 is 11.3 Å². The minimum atomic E-state index is -3.40. The molecule has 0 spiro atoms. The van der Waals surface area contributed by atoms with Crippen LogP contribution in [0.1, 0.15) is 17.9 Å². The van der Waals surface area contributed by atoms with Crippen LogP contribution < -0.4 is 10.0 Å². The number of aryl methyl sites for hydroxylation is 2. The molecule has 0 aliphatic rings. The lowest BCUT2D eigenvalue weighted by atomic mass is 10.1. The Hall–Kier alpha value is -3.31. The fourth-order valence-electron chi connectivity index (χ4n) is 2.82. The number of nitrogens with one attached hydrogen (secondary N) is 2. The van der Waals surface area contributed by atoms with Crippen molar-refractivity contribution in [3.05, 3.63) is 53.9 Å². The van der Waals surface area contributed by atoms with Gasteiger partial charge in [0.25, 0.3) is 0 Å². The monoisotopic (exact) mass is 457 g/mol. The van der Waals surface area contributed by atoms with Crippen molar-refractivity contribution < 1.29 is 17.7 Å². The number of nitrogens with zero attached hydrogens (tertiary/aromatic N) is 3. The third kappa shape index (κ3) is 5.44. The molecular formula is C20H19N5O4S2. The molecule has 0 aliphatic carbocycles. The molecule has 160 valence electrons. The Morgan fingerprint density at radius 2 is 1.90 bits per heavy atom. The molecule has 4 rings (SSSR count). The van der Waals surface area contributed by atoms with Crippen molar-refractivity contribution in [2.75, 3.05) is 16.3 Å². The van der Waals surface area contributed by atoms with E-state index in [-0.39, 0.29) is 17.5 Å². The van der Waals surface area contributed by atoms with Gasteiger partial charge in [-0.15, -0.1) is 0 Å². The van der Waals surface area contributed by atoms with Gasteiger partial charge in [-0.25, -0.2) is 13.4 Å². The highest BCUT2D eigenvalue weighted by Gasteiger charge is 2.12. The number of benzene rings is 2. The van der Waals surface area contributed by atoms with Crippen LogP contribution in [0.15, 0.2) is 47.0 Å². The molecule has 0 unspecified atom stereocenters. The summed E-state index contributed by atoms with van der Waals surface area (Å²) in [4.78, 5) is 20.9. The van der Waals surface area contributed by atoms with Crippen LogP contribution in [0.5, 0.6) is 0 Å². The number of carbonyl (C=O) groups excluding carboxylic acids is 1. The molecule has 0 radical (unpaired) electrons. The lowest BCUT2D eigenvalue weighted by Gasteiger charge is -2.03. The van der Waals surface area contributed by atoms with E-state index >= 15 is 0 Å². The van der Waals surface area contributed by atoms with Crippen LogP contribution in [-0.4, -0.2) is 35.7 Å². The van der Waals surface area contributed by atoms with Gasteiger partial charge in [-0.1, -0.05) is 46.3 Å². The van der Waals surface area contributed by atoms with Crippen LogP contribution in [0.2, 0.25) is 0 Å². The summed E-state index contributed by atoms with van der Waals surface area (Å²) in [7, 11) is -3.40. The normalized spacial score (nSPS) is 11.5. The van der Waals surface area contributed by atoms with Gasteiger partial charge in [-0.2, -0.15) is 4.98 Å². The minimum Gasteiger partial charge on any atom is -0.339 e. The second-order valence-electron chi connectivity index (χ2n) is 7.00. The number of fused-ring (bicyclic) bond motifs is 1. The molecular weight excluding hydrogens is 438 g/mol. The van der Waals surface area contributed by atoms with Gasteiger partial charge in [-0.3, -0.25) is 9.52 Å². The Kier molecular flexibility index (Phi) is 5.70. The largest absolute Gasteiger partial charge is 0.339 e. The molecule has 31 heavy (non-hydrogen) atoms. The molecule has 0 aliphatic heterocycles. The van der Waals surface area contributed by atoms with Crippen molar-refractivity contribution in [3.63, 3.8) is 0 Å². The summed E-state index contributed by atoms with van der Waals surface area (Å²) in [5.41, 5.74) is 3.23. The molecule has 2 N–H and O–H groups in total. The molecule has 0 saturated heterocycles. The van der Waals surface area contributed by atoms with E-state index in [9.17, 15) is 13.2 Å². The van der Waals surface area contributed by atoms with Gasteiger partial charge < -0.3 is 9.84 Å². The molecule has 2 aromatic heterocycles. The first kappa shape index (κ1) is 20.9. The van der Waals surface area contributed by atoms with E-state index in [1.165, 1.54) is 11.3 Å². The standard InChI is InChI=1S/C20H19N5O4S2/c1-12-3-5-13(6-4-12)19-23-18(29-24-19)10-9-17(26)21-14-7-8-15-16(11-14)30-20(22-15)25-31(2,27)28/h3-8,11H,9-10H2,1-2H3,(H,21,26)(H,22,25). The van der Waals surface area contributed by atoms with Crippen LogP contribution in [-0.2, 0) is 21.2 Å². The molecule has 2 aromatic carbocycles. The summed E-state index contributed by atoms with van der Waals surface area (Å²) in [5, 5.41) is 7.07. The average molecular weight is 458 g/mol. The summed E-state index contributed by atoms with van der Waals surface area (Å²) >= 11 is 1.19. The second-order valence-corrected chi connectivity index (χ2v) is 9.78. The molecule has 0 atom stereocenters. The Morgan fingerprint density at radius 3 is 2.65 bits per heavy atom. The summed E-state index contributed by atoms with van der Waals surface area (Å²) in [6, 6.07) is 13.0. The molecule has 1 amide bonds. The first-order valence-corrected chi connectivity index (χ1v) is 12.0. The van der Waals surface area contributed by atoms with Crippen molar-refractivity contribution in [2.24, 2.45) is 0 Å². The third-order valence-corrected chi connectivity index (χ3v) is 5.92. The zero-order valence-corrected chi connectivity index (χ0v) is 18.4. The van der Waals surface area contributed by atoms with Crippen molar-refractivity contribution >= 4 is 48.3 Å². The number of aromatic nitrogens is 3. The third-order valence-electron chi connectivity index (χ3n) is 4.29. The molecule has 0 saturated carbocycles. The first-order valence-electron chi connectivity index (χ1n) is 9.33. The molecule has 11 heteroatoms. The predicted octanol–water partition coefficient (Wildman–Crippen LogP) is 3.60. The smallest absolute Gasteiger partial charge is 0.231 e. The SMILES string of the molecule is Cc1ccc(-c2noc(CCC(=O)Nc3ccc4nc(NS(C)(=O)=O)sc4c3)n2)cc1. The lowest BCUT2D eigenvalue weighted by molar-refractivity contribution is -0.116. The van der Waals surface area contributed by atoms with Gasteiger partial charge in [0.15, 0.2) is 5.13 Å². The van der Waals surface area contributed by atoms with Crippen LogP contribution in [0.3, 0.4) is 0 Å². The number of carbonyl (C=O) groups is 1.